The van der Waals surface area contributed by atoms with Gasteiger partial charge in [-0.25, -0.2) is 0 Å². The van der Waals surface area contributed by atoms with Crippen molar-refractivity contribution in [2.24, 2.45) is 0 Å². The van der Waals surface area contributed by atoms with Crippen LogP contribution in [0.4, 0.5) is 0 Å². The molecular weight excluding hydrogens is 318 g/mol. The van der Waals surface area contributed by atoms with Gasteiger partial charge in [0.25, 0.3) is 5.91 Å². The number of benzene rings is 1. The molecule has 2 atom stereocenters. The second-order valence-electron chi connectivity index (χ2n) is 4.97. The van der Waals surface area contributed by atoms with E-state index < -0.39 is 24.0 Å². The number of rotatable bonds is 5. The first-order valence-corrected chi connectivity index (χ1v) is 7.29. The zero-order valence-corrected chi connectivity index (χ0v) is 13.1. The number of hydrogen-bond donors (Lipinski definition) is 4. The maximum absolute atomic E-state index is 12.4. The Bertz CT molecular complexity index is 776. The third-order valence-electron chi connectivity index (χ3n) is 3.29. The van der Waals surface area contributed by atoms with Crippen molar-refractivity contribution in [3.8, 4) is 12.3 Å². The molecule has 0 saturated carbocycles. The van der Waals surface area contributed by atoms with Gasteiger partial charge in [-0.15, -0.1) is 6.42 Å². The predicted molar refractivity (Wildman–Crippen MR) is 88.1 cm³/mol. The van der Waals surface area contributed by atoms with Gasteiger partial charge in [0.1, 0.15) is 11.7 Å². The maximum Gasteiger partial charge on any atom is 0.270 e. The molecule has 6 nitrogen and oxygen atoms in total. The maximum atomic E-state index is 12.4. The summed E-state index contributed by atoms with van der Waals surface area (Å²) in [7, 11) is 0. The van der Waals surface area contributed by atoms with Crippen molar-refractivity contribution in [1.82, 2.24) is 15.6 Å². The summed E-state index contributed by atoms with van der Waals surface area (Å²) in [5, 5.41) is 15.5. The third-order valence-corrected chi connectivity index (χ3v) is 3.68. The van der Waals surface area contributed by atoms with Crippen LogP contribution in [0, 0.1) is 12.3 Å². The number of aliphatic hydroxyl groups excluding tert-OH is 1. The molecule has 120 valence electrons. The number of halogens is 1. The molecule has 2 amide bonds. The van der Waals surface area contributed by atoms with Crippen molar-refractivity contribution in [3.05, 3.63) is 35.0 Å². The Labute approximate surface area is 138 Å². The molecule has 0 spiro atoms. The second-order valence-corrected chi connectivity index (χ2v) is 5.35. The van der Waals surface area contributed by atoms with Crippen molar-refractivity contribution in [1.29, 1.82) is 0 Å². The fraction of sp³-hybridized carbons (Fsp3) is 0.250. The lowest BCUT2D eigenvalue weighted by molar-refractivity contribution is -0.125. The Kier molecular flexibility index (Phi) is 5.27. The van der Waals surface area contributed by atoms with E-state index in [1.807, 2.05) is 6.07 Å². The number of hydrogen-bond acceptors (Lipinski definition) is 3. The van der Waals surface area contributed by atoms with Gasteiger partial charge in [-0.05, 0) is 13.0 Å². The van der Waals surface area contributed by atoms with E-state index in [0.717, 1.165) is 0 Å². The highest BCUT2D eigenvalue weighted by Gasteiger charge is 2.27. The lowest BCUT2D eigenvalue weighted by atomic mass is 10.1. The molecule has 2 rings (SSSR count). The van der Waals surface area contributed by atoms with E-state index in [1.54, 1.807) is 18.2 Å². The normalized spacial score (nSPS) is 13.1. The number of aromatic nitrogens is 1. The van der Waals surface area contributed by atoms with Crippen LogP contribution in [0.2, 0.25) is 5.02 Å². The van der Waals surface area contributed by atoms with Crippen LogP contribution in [0.3, 0.4) is 0 Å². The number of carbonyl (C=O) groups excluding carboxylic acids is 2. The van der Waals surface area contributed by atoms with Crippen molar-refractivity contribution in [3.63, 3.8) is 0 Å². The molecule has 7 heteroatoms. The topological polar surface area (TPSA) is 94.2 Å². The molecule has 0 aliphatic heterocycles. The van der Waals surface area contributed by atoms with Crippen LogP contribution in [0.5, 0.6) is 0 Å². The van der Waals surface area contributed by atoms with E-state index in [-0.39, 0.29) is 17.3 Å². The summed E-state index contributed by atoms with van der Waals surface area (Å²) in [5.41, 5.74) is 0.830. The highest BCUT2D eigenvalue weighted by atomic mass is 35.5. The summed E-state index contributed by atoms with van der Waals surface area (Å²) in [6.07, 6.45) is 3.97. The number of para-hydroxylation sites is 1. The molecule has 0 fully saturated rings. The van der Waals surface area contributed by atoms with Crippen LogP contribution < -0.4 is 10.6 Å². The molecule has 4 N–H and O–H groups in total. The summed E-state index contributed by atoms with van der Waals surface area (Å²) < 4.78 is 0. The number of amides is 2. The molecule has 0 unspecified atom stereocenters. The van der Waals surface area contributed by atoms with Gasteiger partial charge in [-0.2, -0.15) is 0 Å². The molecule has 1 aromatic heterocycles. The molecule has 0 aliphatic carbocycles. The highest BCUT2D eigenvalue weighted by Crippen LogP contribution is 2.27. The minimum atomic E-state index is -1.14. The first kappa shape index (κ1) is 16.9. The molecule has 2 aromatic rings. The van der Waals surface area contributed by atoms with Crippen LogP contribution in [-0.4, -0.2) is 40.6 Å². The summed E-state index contributed by atoms with van der Waals surface area (Å²) in [4.78, 5) is 27.2. The summed E-state index contributed by atoms with van der Waals surface area (Å²) in [6, 6.07) is 6.03. The standard InChI is InChI=1S/C16H16ClN3O3/c1-3-8-18-15(22)13(9(2)21)20-16(23)14-12(17)10-6-4-5-7-11(10)19-14/h1,4-7,9,13,19,21H,8H2,2H3,(H,18,22)(H,20,23)/t9-,13+/m1/s1. The first-order valence-electron chi connectivity index (χ1n) is 6.92. The molecule has 1 heterocycles. The van der Waals surface area contributed by atoms with E-state index in [1.165, 1.54) is 6.92 Å². The minimum absolute atomic E-state index is 0.00503. The summed E-state index contributed by atoms with van der Waals surface area (Å²) >= 11 is 6.20. The predicted octanol–water partition coefficient (Wildman–Crippen LogP) is 1.05. The minimum Gasteiger partial charge on any atom is -0.391 e. The molecule has 23 heavy (non-hydrogen) atoms. The Balaban J connectivity index is 2.22. The van der Waals surface area contributed by atoms with Gasteiger partial charge in [-0.3, -0.25) is 9.59 Å². The number of carbonyl (C=O) groups is 2. The van der Waals surface area contributed by atoms with Crippen LogP contribution in [0.1, 0.15) is 17.4 Å². The molecular formula is C16H16ClN3O3. The van der Waals surface area contributed by atoms with E-state index in [0.29, 0.717) is 10.9 Å². The van der Waals surface area contributed by atoms with E-state index >= 15 is 0 Å². The largest absolute Gasteiger partial charge is 0.391 e. The number of terminal acetylenes is 1. The van der Waals surface area contributed by atoms with Crippen molar-refractivity contribution < 1.29 is 14.7 Å². The Hall–Kier alpha value is -2.49. The van der Waals surface area contributed by atoms with Gasteiger partial charge < -0.3 is 20.7 Å². The number of fused-ring (bicyclic) bond motifs is 1. The number of aliphatic hydroxyl groups is 1. The summed E-state index contributed by atoms with van der Waals surface area (Å²) in [6.45, 7) is 1.40. The Morgan fingerprint density at radius 2 is 2.13 bits per heavy atom. The Morgan fingerprint density at radius 3 is 2.74 bits per heavy atom. The van der Waals surface area contributed by atoms with Crippen molar-refractivity contribution in [2.45, 2.75) is 19.1 Å². The van der Waals surface area contributed by atoms with Gasteiger partial charge in [0.05, 0.1) is 17.7 Å². The average Bonchev–Trinajstić information content (AvgIpc) is 2.87. The fourth-order valence-corrected chi connectivity index (χ4v) is 2.43. The fourth-order valence-electron chi connectivity index (χ4n) is 2.13. The second kappa shape index (κ2) is 7.18. The van der Waals surface area contributed by atoms with Gasteiger partial charge >= 0.3 is 0 Å². The van der Waals surface area contributed by atoms with Crippen molar-refractivity contribution in [2.75, 3.05) is 6.54 Å². The quantitative estimate of drug-likeness (QED) is 0.616. The van der Waals surface area contributed by atoms with Gasteiger partial charge in [0.2, 0.25) is 5.91 Å². The SMILES string of the molecule is C#CCNC(=O)[C@@H](NC(=O)c1[nH]c2ccccc2c1Cl)[C@@H](C)O. The molecule has 0 bridgehead atoms. The zero-order chi connectivity index (χ0) is 17.0. The van der Waals surface area contributed by atoms with E-state index in [9.17, 15) is 14.7 Å². The average molecular weight is 334 g/mol. The number of aromatic amines is 1. The highest BCUT2D eigenvalue weighted by molar-refractivity contribution is 6.38. The number of nitrogens with one attached hydrogen (secondary N) is 3. The van der Waals surface area contributed by atoms with Gasteiger partial charge in [-0.1, -0.05) is 35.7 Å². The van der Waals surface area contributed by atoms with Crippen LogP contribution in [0.25, 0.3) is 10.9 Å². The van der Waals surface area contributed by atoms with E-state index in [2.05, 4.69) is 21.5 Å². The molecule has 0 saturated heterocycles. The number of H-pyrrole nitrogens is 1. The van der Waals surface area contributed by atoms with Gasteiger partial charge in [0, 0.05) is 10.9 Å². The van der Waals surface area contributed by atoms with Crippen molar-refractivity contribution >= 4 is 34.3 Å². The summed E-state index contributed by atoms with van der Waals surface area (Å²) in [5.74, 6) is 1.09. The van der Waals surface area contributed by atoms with Crippen LogP contribution in [-0.2, 0) is 4.79 Å². The first-order chi connectivity index (χ1) is 11.0. The van der Waals surface area contributed by atoms with Crippen LogP contribution >= 0.6 is 11.6 Å². The molecule has 0 aliphatic rings. The smallest absolute Gasteiger partial charge is 0.270 e. The lowest BCUT2D eigenvalue weighted by Gasteiger charge is -2.20. The Morgan fingerprint density at radius 1 is 1.43 bits per heavy atom. The van der Waals surface area contributed by atoms with Crippen LogP contribution in [0.15, 0.2) is 24.3 Å². The zero-order valence-electron chi connectivity index (χ0n) is 12.4. The molecule has 0 radical (unpaired) electrons. The monoisotopic (exact) mass is 333 g/mol. The van der Waals surface area contributed by atoms with Gasteiger partial charge in [0.15, 0.2) is 0 Å². The molecule has 1 aromatic carbocycles. The third kappa shape index (κ3) is 3.65. The van der Waals surface area contributed by atoms with E-state index in [4.69, 9.17) is 18.0 Å². The lowest BCUT2D eigenvalue weighted by Crippen LogP contribution is -2.52.